The molecule has 0 aromatic heterocycles. The van der Waals surface area contributed by atoms with Crippen molar-refractivity contribution >= 4 is 29.3 Å². The molecule has 0 aliphatic carbocycles. The monoisotopic (exact) mass is 317 g/mol. The number of ether oxygens (including phenoxy) is 1. The van der Waals surface area contributed by atoms with E-state index in [-0.39, 0.29) is 5.91 Å². The maximum atomic E-state index is 11.6. The van der Waals surface area contributed by atoms with E-state index in [1.807, 2.05) is 24.3 Å². The van der Waals surface area contributed by atoms with Crippen molar-refractivity contribution in [2.24, 2.45) is 0 Å². The highest BCUT2D eigenvalue weighted by atomic mass is 35.5. The lowest BCUT2D eigenvalue weighted by Crippen LogP contribution is -2.29. The molecule has 0 saturated heterocycles. The minimum Gasteiger partial charge on any atom is -0.391 e. The molecule has 6 heteroatoms. The Hall–Kier alpha value is -0.750. The minimum absolute atomic E-state index is 0.0263. The zero-order valence-electron chi connectivity index (χ0n) is 11.5. The molecule has 0 heterocycles. The van der Waals surface area contributed by atoms with Crippen LogP contribution in [0, 0.1) is 0 Å². The lowest BCUT2D eigenvalue weighted by Gasteiger charge is -2.10. The second-order valence-electron chi connectivity index (χ2n) is 4.37. The Balaban J connectivity index is 2.11. The molecule has 1 amide bonds. The molecule has 112 valence electrons. The number of aliphatic hydroxyl groups excluding tert-OH is 1. The third-order valence-corrected chi connectivity index (χ3v) is 3.79. The van der Waals surface area contributed by atoms with Gasteiger partial charge in [0.25, 0.3) is 0 Å². The first kappa shape index (κ1) is 17.3. The van der Waals surface area contributed by atoms with E-state index in [9.17, 15) is 9.90 Å². The first-order valence-corrected chi connectivity index (χ1v) is 7.91. The average molecular weight is 318 g/mol. The zero-order chi connectivity index (χ0) is 14.8. The Bertz CT molecular complexity index is 417. The predicted octanol–water partition coefficient (Wildman–Crippen LogP) is 2.09. The smallest absolute Gasteiger partial charge is 0.230 e. The molecule has 0 bridgehead atoms. The number of methoxy groups -OCH3 is 1. The van der Waals surface area contributed by atoms with Crippen molar-refractivity contribution < 1.29 is 14.6 Å². The van der Waals surface area contributed by atoms with Gasteiger partial charge in [0.2, 0.25) is 5.91 Å². The molecule has 0 aliphatic rings. The van der Waals surface area contributed by atoms with E-state index in [0.29, 0.717) is 30.3 Å². The third-order valence-electron chi connectivity index (χ3n) is 2.55. The van der Waals surface area contributed by atoms with E-state index in [2.05, 4.69) is 5.32 Å². The summed E-state index contributed by atoms with van der Waals surface area (Å²) in [4.78, 5) is 11.6. The van der Waals surface area contributed by atoms with E-state index in [0.717, 1.165) is 11.3 Å². The number of halogens is 1. The molecular weight excluding hydrogens is 298 g/mol. The summed E-state index contributed by atoms with van der Waals surface area (Å²) in [6, 6.07) is 7.61. The molecule has 0 fully saturated rings. The Kier molecular flexibility index (Phi) is 8.69. The highest BCUT2D eigenvalue weighted by Crippen LogP contribution is 2.16. The topological polar surface area (TPSA) is 58.6 Å². The fraction of sp³-hybridized carbons (Fsp3) is 0.500. The number of hydrogen-bond acceptors (Lipinski definition) is 4. The fourth-order valence-corrected chi connectivity index (χ4v) is 2.61. The Morgan fingerprint density at radius 1 is 1.55 bits per heavy atom. The van der Waals surface area contributed by atoms with Crippen molar-refractivity contribution in [1.82, 2.24) is 5.32 Å². The summed E-state index contributed by atoms with van der Waals surface area (Å²) in [7, 11) is 1.54. The van der Waals surface area contributed by atoms with Crippen molar-refractivity contribution in [1.29, 1.82) is 0 Å². The Labute approximate surface area is 128 Å². The van der Waals surface area contributed by atoms with Gasteiger partial charge < -0.3 is 15.2 Å². The molecule has 0 aliphatic heterocycles. The van der Waals surface area contributed by atoms with E-state index >= 15 is 0 Å². The lowest BCUT2D eigenvalue weighted by molar-refractivity contribution is -0.118. The number of thioether (sulfide) groups is 1. The number of benzene rings is 1. The van der Waals surface area contributed by atoms with Gasteiger partial charge in [-0.05, 0) is 24.1 Å². The summed E-state index contributed by atoms with van der Waals surface area (Å²) < 4.78 is 4.81. The van der Waals surface area contributed by atoms with Crippen LogP contribution in [0.5, 0.6) is 0 Å². The van der Waals surface area contributed by atoms with Crippen LogP contribution < -0.4 is 5.32 Å². The van der Waals surface area contributed by atoms with E-state index in [1.165, 1.54) is 18.9 Å². The standard InChI is InChI=1S/C14H20ClNO3S/c1-19-8-13(17)5-6-16-14(18)10-20-9-11-3-2-4-12(15)7-11/h2-4,7,13,17H,5-6,8-10H2,1H3,(H,16,18). The predicted molar refractivity (Wildman–Crippen MR) is 83.1 cm³/mol. The molecular formula is C14H20ClNO3S. The minimum atomic E-state index is -0.528. The first-order valence-electron chi connectivity index (χ1n) is 6.37. The molecule has 2 N–H and O–H groups in total. The van der Waals surface area contributed by atoms with Gasteiger partial charge in [-0.25, -0.2) is 0 Å². The van der Waals surface area contributed by atoms with E-state index in [1.54, 1.807) is 0 Å². The largest absolute Gasteiger partial charge is 0.391 e. The van der Waals surface area contributed by atoms with Crippen molar-refractivity contribution in [2.45, 2.75) is 18.3 Å². The number of nitrogens with one attached hydrogen (secondary N) is 1. The fourth-order valence-electron chi connectivity index (χ4n) is 1.59. The van der Waals surface area contributed by atoms with Crippen LogP contribution in [0.15, 0.2) is 24.3 Å². The summed E-state index contributed by atoms with van der Waals surface area (Å²) >= 11 is 7.42. The van der Waals surface area contributed by atoms with E-state index < -0.39 is 6.10 Å². The first-order chi connectivity index (χ1) is 9.61. The van der Waals surface area contributed by atoms with Crippen molar-refractivity contribution in [3.05, 3.63) is 34.9 Å². The van der Waals surface area contributed by atoms with Crippen molar-refractivity contribution in [2.75, 3.05) is 26.0 Å². The molecule has 1 aromatic rings. The highest BCUT2D eigenvalue weighted by molar-refractivity contribution is 7.99. The summed E-state index contributed by atoms with van der Waals surface area (Å²) in [5.74, 6) is 1.12. The number of hydrogen-bond donors (Lipinski definition) is 2. The molecule has 20 heavy (non-hydrogen) atoms. The Morgan fingerprint density at radius 3 is 3.05 bits per heavy atom. The van der Waals surface area contributed by atoms with Gasteiger partial charge >= 0.3 is 0 Å². The number of aliphatic hydroxyl groups is 1. The van der Waals surface area contributed by atoms with E-state index in [4.69, 9.17) is 16.3 Å². The van der Waals surface area contributed by atoms with Crippen molar-refractivity contribution in [3.8, 4) is 0 Å². The highest BCUT2D eigenvalue weighted by Gasteiger charge is 2.05. The molecule has 1 unspecified atom stereocenters. The third kappa shape index (κ3) is 7.75. The maximum absolute atomic E-state index is 11.6. The normalized spacial score (nSPS) is 12.2. The van der Waals surface area contributed by atoms with Crippen LogP contribution in [0.25, 0.3) is 0 Å². The zero-order valence-corrected chi connectivity index (χ0v) is 13.0. The van der Waals surface area contributed by atoms with Gasteiger partial charge in [0.1, 0.15) is 0 Å². The quantitative estimate of drug-likeness (QED) is 0.732. The van der Waals surface area contributed by atoms with Crippen LogP contribution in [0.4, 0.5) is 0 Å². The van der Waals surface area contributed by atoms with Gasteiger partial charge in [0.05, 0.1) is 18.5 Å². The molecule has 4 nitrogen and oxygen atoms in total. The molecule has 0 radical (unpaired) electrons. The second-order valence-corrected chi connectivity index (χ2v) is 5.79. The molecule has 0 saturated carbocycles. The van der Waals surface area contributed by atoms with Crippen LogP contribution in [0.1, 0.15) is 12.0 Å². The van der Waals surface area contributed by atoms with Gasteiger partial charge in [-0.2, -0.15) is 0 Å². The lowest BCUT2D eigenvalue weighted by atomic mass is 10.2. The molecule has 0 spiro atoms. The Morgan fingerprint density at radius 2 is 2.35 bits per heavy atom. The van der Waals surface area contributed by atoms with Gasteiger partial charge in [-0.1, -0.05) is 23.7 Å². The van der Waals surface area contributed by atoms with Gasteiger partial charge in [-0.3, -0.25) is 4.79 Å². The average Bonchev–Trinajstić information content (AvgIpc) is 2.39. The van der Waals surface area contributed by atoms with Crippen LogP contribution in [-0.2, 0) is 15.3 Å². The SMILES string of the molecule is COCC(O)CCNC(=O)CSCc1cccc(Cl)c1. The second kappa shape index (κ2) is 10.0. The summed E-state index contributed by atoms with van der Waals surface area (Å²) in [5.41, 5.74) is 1.10. The van der Waals surface area contributed by atoms with Crippen LogP contribution in [0.2, 0.25) is 5.02 Å². The van der Waals surface area contributed by atoms with Gasteiger partial charge in [0.15, 0.2) is 0 Å². The molecule has 1 aromatic carbocycles. The van der Waals surface area contributed by atoms with Crippen LogP contribution in [-0.4, -0.2) is 43.1 Å². The van der Waals surface area contributed by atoms with Crippen LogP contribution in [0.3, 0.4) is 0 Å². The van der Waals surface area contributed by atoms with Gasteiger partial charge in [-0.15, -0.1) is 11.8 Å². The number of rotatable bonds is 9. The summed E-state index contributed by atoms with van der Waals surface area (Å²) in [6.45, 7) is 0.750. The van der Waals surface area contributed by atoms with Crippen LogP contribution >= 0.6 is 23.4 Å². The number of amides is 1. The summed E-state index contributed by atoms with van der Waals surface area (Å²) in [6.07, 6.45) is -0.0298. The molecule has 1 rings (SSSR count). The van der Waals surface area contributed by atoms with Crippen molar-refractivity contribution in [3.63, 3.8) is 0 Å². The van der Waals surface area contributed by atoms with Gasteiger partial charge in [0, 0.05) is 24.4 Å². The summed E-state index contributed by atoms with van der Waals surface area (Å²) in [5, 5.41) is 12.9. The molecule has 1 atom stereocenters. The number of carbonyl (C=O) groups excluding carboxylic acids is 1. The number of carbonyl (C=O) groups is 1. The maximum Gasteiger partial charge on any atom is 0.230 e.